The molecule has 0 saturated carbocycles. The minimum absolute atomic E-state index is 0.157. The van der Waals surface area contributed by atoms with Crippen LogP contribution in [0, 0.1) is 12.7 Å². The molecular formula is C25H29FN4O2. The topological polar surface area (TPSA) is 67.2 Å². The minimum Gasteiger partial charge on any atom is -0.330 e. The van der Waals surface area contributed by atoms with E-state index < -0.39 is 11.7 Å². The summed E-state index contributed by atoms with van der Waals surface area (Å²) in [5.41, 5.74) is 2.77. The van der Waals surface area contributed by atoms with Crippen molar-refractivity contribution >= 4 is 17.6 Å². The number of nitrogens with one attached hydrogen (secondary N) is 1. The Bertz CT molecular complexity index is 1110. The summed E-state index contributed by atoms with van der Waals surface area (Å²) < 4.78 is 15.2. The molecule has 7 heteroatoms. The molecule has 1 heterocycles. The number of carbonyl (C=O) groups excluding carboxylic acids is 2. The lowest BCUT2D eigenvalue weighted by Gasteiger charge is -2.20. The first-order valence-corrected chi connectivity index (χ1v) is 10.6. The summed E-state index contributed by atoms with van der Waals surface area (Å²) in [5, 5.41) is 7.60. The molecule has 3 aromatic rings. The summed E-state index contributed by atoms with van der Waals surface area (Å²) in [5.74, 6) is -0.721. The van der Waals surface area contributed by atoms with Gasteiger partial charge < -0.3 is 10.2 Å². The van der Waals surface area contributed by atoms with E-state index in [0.29, 0.717) is 12.4 Å². The SMILES string of the molecule is CCN(CC(=O)Nc1cc(C(C)(C)C)nn1-c1ccc(C)cc1)C(=O)c1cccc(F)c1. The number of anilines is 1. The quantitative estimate of drug-likeness (QED) is 0.608. The van der Waals surface area contributed by atoms with E-state index in [1.54, 1.807) is 11.6 Å². The van der Waals surface area contributed by atoms with Gasteiger partial charge in [-0.1, -0.05) is 44.5 Å². The molecule has 0 fully saturated rings. The summed E-state index contributed by atoms with van der Waals surface area (Å²) in [6.45, 7) is 10.1. The van der Waals surface area contributed by atoms with Gasteiger partial charge >= 0.3 is 0 Å². The second-order valence-corrected chi connectivity index (χ2v) is 8.79. The highest BCUT2D eigenvalue weighted by Crippen LogP contribution is 2.26. The Morgan fingerprint density at radius 3 is 2.38 bits per heavy atom. The summed E-state index contributed by atoms with van der Waals surface area (Å²) >= 11 is 0. The lowest BCUT2D eigenvalue weighted by Crippen LogP contribution is -2.38. The van der Waals surface area contributed by atoms with Gasteiger partial charge in [-0.05, 0) is 44.2 Å². The van der Waals surface area contributed by atoms with Gasteiger partial charge in [-0.3, -0.25) is 9.59 Å². The van der Waals surface area contributed by atoms with E-state index >= 15 is 0 Å². The molecule has 32 heavy (non-hydrogen) atoms. The number of benzene rings is 2. The molecule has 3 rings (SSSR count). The van der Waals surface area contributed by atoms with Crippen LogP contribution in [-0.4, -0.2) is 39.6 Å². The van der Waals surface area contributed by atoms with Crippen molar-refractivity contribution in [2.75, 3.05) is 18.4 Å². The Kier molecular flexibility index (Phi) is 6.77. The second kappa shape index (κ2) is 9.34. The zero-order valence-corrected chi connectivity index (χ0v) is 19.1. The van der Waals surface area contributed by atoms with E-state index in [1.165, 1.54) is 29.2 Å². The maximum atomic E-state index is 13.5. The number of aromatic nitrogens is 2. The van der Waals surface area contributed by atoms with Crippen LogP contribution < -0.4 is 5.32 Å². The largest absolute Gasteiger partial charge is 0.330 e. The predicted octanol–water partition coefficient (Wildman–Crippen LogP) is 4.72. The molecule has 0 aliphatic carbocycles. The number of aryl methyl sites for hydroxylation is 1. The van der Waals surface area contributed by atoms with Crippen LogP contribution in [0.2, 0.25) is 0 Å². The molecule has 0 aliphatic rings. The normalized spacial score (nSPS) is 11.3. The monoisotopic (exact) mass is 436 g/mol. The first-order valence-electron chi connectivity index (χ1n) is 10.6. The Hall–Kier alpha value is -3.48. The van der Waals surface area contributed by atoms with Crippen LogP contribution in [0.25, 0.3) is 5.69 Å². The summed E-state index contributed by atoms with van der Waals surface area (Å²) in [7, 11) is 0. The Labute approximate surface area is 188 Å². The van der Waals surface area contributed by atoms with Crippen LogP contribution in [0.5, 0.6) is 0 Å². The second-order valence-electron chi connectivity index (χ2n) is 8.79. The number of hydrogen-bond acceptors (Lipinski definition) is 3. The van der Waals surface area contributed by atoms with Gasteiger partial charge in [-0.25, -0.2) is 9.07 Å². The van der Waals surface area contributed by atoms with Crippen molar-refractivity contribution in [3.8, 4) is 5.69 Å². The average Bonchev–Trinajstić information content (AvgIpc) is 3.16. The third kappa shape index (κ3) is 5.41. The van der Waals surface area contributed by atoms with Gasteiger partial charge in [0.1, 0.15) is 18.2 Å². The third-order valence-corrected chi connectivity index (χ3v) is 5.10. The third-order valence-electron chi connectivity index (χ3n) is 5.10. The number of carbonyl (C=O) groups is 2. The fraction of sp³-hybridized carbons (Fsp3) is 0.320. The highest BCUT2D eigenvalue weighted by Gasteiger charge is 2.23. The molecule has 6 nitrogen and oxygen atoms in total. The van der Waals surface area contributed by atoms with Crippen LogP contribution in [-0.2, 0) is 10.2 Å². The van der Waals surface area contributed by atoms with Gasteiger partial charge in [0, 0.05) is 23.6 Å². The molecule has 2 amide bonds. The molecule has 0 radical (unpaired) electrons. The van der Waals surface area contributed by atoms with Crippen LogP contribution in [0.3, 0.4) is 0 Å². The summed E-state index contributed by atoms with van der Waals surface area (Å²) in [6.07, 6.45) is 0. The number of halogens is 1. The fourth-order valence-electron chi connectivity index (χ4n) is 3.21. The van der Waals surface area contributed by atoms with E-state index in [1.807, 2.05) is 37.3 Å². The van der Waals surface area contributed by atoms with Crippen LogP contribution in [0.1, 0.15) is 49.3 Å². The zero-order chi connectivity index (χ0) is 23.5. The van der Waals surface area contributed by atoms with Crippen molar-refractivity contribution in [3.63, 3.8) is 0 Å². The number of nitrogens with zero attached hydrogens (tertiary/aromatic N) is 3. The van der Waals surface area contributed by atoms with E-state index in [4.69, 9.17) is 5.10 Å². The molecule has 0 unspecified atom stereocenters. The summed E-state index contributed by atoms with van der Waals surface area (Å²) in [6, 6.07) is 15.2. The molecule has 1 N–H and O–H groups in total. The van der Waals surface area contributed by atoms with E-state index in [-0.39, 0.29) is 23.4 Å². The minimum atomic E-state index is -0.493. The van der Waals surface area contributed by atoms with Gasteiger partial charge in [0.25, 0.3) is 5.91 Å². The van der Waals surface area contributed by atoms with Crippen molar-refractivity contribution in [3.05, 3.63) is 77.2 Å². The van der Waals surface area contributed by atoms with Crippen LogP contribution in [0.4, 0.5) is 10.2 Å². The standard InChI is InChI=1S/C25H29FN4O2/c1-6-29(24(32)18-8-7-9-19(26)14-18)16-23(31)27-22-15-21(25(3,4)5)28-30(22)20-12-10-17(2)11-13-20/h7-15H,6,16H2,1-5H3,(H,27,31). The average molecular weight is 437 g/mol. The Morgan fingerprint density at radius 2 is 1.78 bits per heavy atom. The smallest absolute Gasteiger partial charge is 0.254 e. The molecule has 0 atom stereocenters. The predicted molar refractivity (Wildman–Crippen MR) is 124 cm³/mol. The van der Waals surface area contributed by atoms with Crippen LogP contribution in [0.15, 0.2) is 54.6 Å². The fourth-order valence-corrected chi connectivity index (χ4v) is 3.21. The molecule has 0 aliphatic heterocycles. The highest BCUT2D eigenvalue weighted by molar-refractivity contribution is 5.99. The maximum Gasteiger partial charge on any atom is 0.254 e. The molecule has 2 aromatic carbocycles. The van der Waals surface area contributed by atoms with Crippen molar-refractivity contribution in [1.82, 2.24) is 14.7 Å². The van der Waals surface area contributed by atoms with Gasteiger partial charge in [0.2, 0.25) is 5.91 Å². The van der Waals surface area contributed by atoms with Crippen molar-refractivity contribution in [2.45, 2.75) is 40.0 Å². The number of rotatable bonds is 6. The van der Waals surface area contributed by atoms with Crippen LogP contribution >= 0.6 is 0 Å². The zero-order valence-electron chi connectivity index (χ0n) is 19.1. The number of likely N-dealkylation sites (N-methyl/N-ethyl adjacent to an activating group) is 1. The number of amides is 2. The van der Waals surface area contributed by atoms with Crippen molar-refractivity contribution < 1.29 is 14.0 Å². The van der Waals surface area contributed by atoms with Gasteiger partial charge in [-0.15, -0.1) is 0 Å². The first kappa shape index (κ1) is 23.2. The molecule has 168 valence electrons. The van der Waals surface area contributed by atoms with Gasteiger partial charge in [-0.2, -0.15) is 5.10 Å². The lowest BCUT2D eigenvalue weighted by molar-refractivity contribution is -0.116. The van der Waals surface area contributed by atoms with Gasteiger partial charge in [0.05, 0.1) is 11.4 Å². The number of hydrogen-bond donors (Lipinski definition) is 1. The van der Waals surface area contributed by atoms with E-state index in [0.717, 1.165) is 16.9 Å². The van der Waals surface area contributed by atoms with Crippen molar-refractivity contribution in [1.29, 1.82) is 0 Å². The molecule has 0 bridgehead atoms. The Morgan fingerprint density at radius 1 is 1.09 bits per heavy atom. The summed E-state index contributed by atoms with van der Waals surface area (Å²) in [4.78, 5) is 27.0. The van der Waals surface area contributed by atoms with E-state index in [9.17, 15) is 14.0 Å². The van der Waals surface area contributed by atoms with Gasteiger partial charge in [0.15, 0.2) is 0 Å². The Balaban J connectivity index is 1.83. The highest BCUT2D eigenvalue weighted by atomic mass is 19.1. The van der Waals surface area contributed by atoms with Crippen molar-refractivity contribution in [2.24, 2.45) is 0 Å². The lowest BCUT2D eigenvalue weighted by atomic mass is 9.92. The molecule has 1 aromatic heterocycles. The van der Waals surface area contributed by atoms with E-state index in [2.05, 4.69) is 26.1 Å². The maximum absolute atomic E-state index is 13.5. The molecule has 0 saturated heterocycles. The molecular weight excluding hydrogens is 407 g/mol. The first-order chi connectivity index (χ1) is 15.1. The molecule has 0 spiro atoms.